The van der Waals surface area contributed by atoms with E-state index < -0.39 is 0 Å². The Balaban J connectivity index is 1.44. The lowest BCUT2D eigenvalue weighted by Gasteiger charge is -2.23. The molecule has 0 fully saturated rings. The van der Waals surface area contributed by atoms with Gasteiger partial charge in [0.05, 0.1) is 12.2 Å². The minimum Gasteiger partial charge on any atom is -0.489 e. The van der Waals surface area contributed by atoms with Crippen LogP contribution in [0.15, 0.2) is 65.2 Å². The molecule has 6 heteroatoms. The van der Waals surface area contributed by atoms with Crippen LogP contribution in [0.2, 0.25) is 0 Å². The second-order valence-electron chi connectivity index (χ2n) is 7.60. The van der Waals surface area contributed by atoms with Gasteiger partial charge in [-0.1, -0.05) is 36.4 Å². The molecule has 5 rings (SSSR count). The van der Waals surface area contributed by atoms with E-state index in [1.807, 2.05) is 72.5 Å². The number of aromatic nitrogens is 2. The predicted molar refractivity (Wildman–Crippen MR) is 113 cm³/mol. The van der Waals surface area contributed by atoms with Gasteiger partial charge in [-0.25, -0.2) is 0 Å². The number of hydrogen-bond acceptors (Lipinski definition) is 4. The van der Waals surface area contributed by atoms with Crippen LogP contribution in [0, 0.1) is 0 Å². The van der Waals surface area contributed by atoms with Crippen LogP contribution in [0.5, 0.6) is 5.75 Å². The van der Waals surface area contributed by atoms with Crippen molar-refractivity contribution in [2.45, 2.75) is 31.9 Å². The third-order valence-electron chi connectivity index (χ3n) is 5.71. The molecule has 0 saturated heterocycles. The zero-order chi connectivity index (χ0) is 20.5. The fraction of sp³-hybridized carbons (Fsp3) is 0.250. The molecule has 4 aromatic rings. The summed E-state index contributed by atoms with van der Waals surface area (Å²) < 4.78 is 13.8. The second-order valence-corrected chi connectivity index (χ2v) is 7.60. The average Bonchev–Trinajstić information content (AvgIpc) is 3.34. The van der Waals surface area contributed by atoms with Crippen LogP contribution in [-0.4, -0.2) is 15.7 Å². The summed E-state index contributed by atoms with van der Waals surface area (Å²) in [5.74, 6) is 0.837. The lowest BCUT2D eigenvalue weighted by molar-refractivity contribution is 0.0903. The number of para-hydroxylation sites is 2. The number of fused-ring (bicyclic) bond motifs is 2. The smallest absolute Gasteiger partial charge is 0.287 e. The number of nitrogens with zero attached hydrogens (tertiary/aromatic N) is 2. The molecule has 1 atom stereocenters. The van der Waals surface area contributed by atoms with Crippen molar-refractivity contribution in [1.29, 1.82) is 0 Å². The maximum atomic E-state index is 13.2. The van der Waals surface area contributed by atoms with Crippen molar-refractivity contribution >= 4 is 16.9 Å². The van der Waals surface area contributed by atoms with Crippen LogP contribution < -0.4 is 10.1 Å². The number of benzene rings is 2. The first-order valence-electron chi connectivity index (χ1n) is 10.2. The molecular weight excluding hydrogens is 378 g/mol. The van der Waals surface area contributed by atoms with Gasteiger partial charge in [0.1, 0.15) is 17.9 Å². The van der Waals surface area contributed by atoms with E-state index in [-0.39, 0.29) is 18.6 Å². The van der Waals surface area contributed by atoms with Crippen LogP contribution in [0.25, 0.3) is 11.0 Å². The highest BCUT2D eigenvalue weighted by atomic mass is 16.5. The first kappa shape index (κ1) is 18.5. The maximum absolute atomic E-state index is 13.2. The van der Waals surface area contributed by atoms with E-state index in [1.165, 1.54) is 5.69 Å². The van der Waals surface area contributed by atoms with Gasteiger partial charge >= 0.3 is 0 Å². The molecular formula is C24H23N3O3. The van der Waals surface area contributed by atoms with Crippen molar-refractivity contribution in [3.63, 3.8) is 0 Å². The SMILES string of the molecule is Cn1ncc2c1CCCC2NC(=O)c1oc2ccccc2c1COc1ccccc1. The molecule has 30 heavy (non-hydrogen) atoms. The quantitative estimate of drug-likeness (QED) is 0.533. The van der Waals surface area contributed by atoms with Crippen molar-refractivity contribution in [2.75, 3.05) is 0 Å². The number of nitrogens with one attached hydrogen (secondary N) is 1. The van der Waals surface area contributed by atoms with Crippen molar-refractivity contribution in [1.82, 2.24) is 15.1 Å². The average molecular weight is 401 g/mol. The monoisotopic (exact) mass is 401 g/mol. The standard InChI is InChI=1S/C24H23N3O3/c1-27-21-12-7-11-20(18(21)14-25-27)26-24(28)23-19(15-29-16-8-3-2-4-9-16)17-10-5-6-13-22(17)30-23/h2-6,8-10,13-14,20H,7,11-12,15H2,1H3,(H,26,28). The van der Waals surface area contributed by atoms with E-state index in [4.69, 9.17) is 9.15 Å². The molecule has 152 valence electrons. The van der Waals surface area contributed by atoms with Crippen LogP contribution in [-0.2, 0) is 20.1 Å². The fourth-order valence-corrected chi connectivity index (χ4v) is 4.18. The van der Waals surface area contributed by atoms with Crippen molar-refractivity contribution < 1.29 is 13.9 Å². The summed E-state index contributed by atoms with van der Waals surface area (Å²) in [7, 11) is 1.95. The summed E-state index contributed by atoms with van der Waals surface area (Å²) in [6.45, 7) is 0.257. The normalized spacial score (nSPS) is 15.7. The summed E-state index contributed by atoms with van der Waals surface area (Å²) in [5.41, 5.74) is 3.72. The lowest BCUT2D eigenvalue weighted by Crippen LogP contribution is -2.31. The van der Waals surface area contributed by atoms with Crippen LogP contribution >= 0.6 is 0 Å². The Kier molecular flexibility index (Phi) is 4.75. The van der Waals surface area contributed by atoms with E-state index in [0.29, 0.717) is 11.3 Å². The topological polar surface area (TPSA) is 69.3 Å². The van der Waals surface area contributed by atoms with E-state index in [2.05, 4.69) is 10.4 Å². The summed E-state index contributed by atoms with van der Waals surface area (Å²) in [5, 5.41) is 8.42. The van der Waals surface area contributed by atoms with E-state index in [9.17, 15) is 4.79 Å². The molecule has 2 heterocycles. The van der Waals surface area contributed by atoms with Crippen LogP contribution in [0.4, 0.5) is 0 Å². The van der Waals surface area contributed by atoms with Gasteiger partial charge in [0, 0.05) is 29.3 Å². The Bertz CT molecular complexity index is 1190. The van der Waals surface area contributed by atoms with Gasteiger partial charge in [-0.2, -0.15) is 5.10 Å². The highest BCUT2D eigenvalue weighted by Crippen LogP contribution is 2.31. The number of aryl methyl sites for hydroxylation is 1. The number of furan rings is 1. The molecule has 1 N–H and O–H groups in total. The highest BCUT2D eigenvalue weighted by Gasteiger charge is 2.28. The number of hydrogen-bond donors (Lipinski definition) is 1. The summed E-state index contributed by atoms with van der Waals surface area (Å²) in [6.07, 6.45) is 4.75. The first-order valence-corrected chi connectivity index (χ1v) is 10.2. The minimum absolute atomic E-state index is 0.0638. The van der Waals surface area contributed by atoms with Gasteiger partial charge in [0.2, 0.25) is 0 Å². The second kappa shape index (κ2) is 7.71. The van der Waals surface area contributed by atoms with Gasteiger partial charge in [0.25, 0.3) is 5.91 Å². The van der Waals surface area contributed by atoms with Crippen molar-refractivity contribution in [2.24, 2.45) is 7.05 Å². The van der Waals surface area contributed by atoms with Gasteiger partial charge in [0.15, 0.2) is 5.76 Å². The molecule has 0 spiro atoms. The van der Waals surface area contributed by atoms with Crippen molar-refractivity contribution in [3.05, 3.63) is 83.4 Å². The number of rotatable bonds is 5. The van der Waals surface area contributed by atoms with Crippen LogP contribution in [0.3, 0.4) is 0 Å². The van der Waals surface area contributed by atoms with E-state index in [1.54, 1.807) is 0 Å². The van der Waals surface area contributed by atoms with Gasteiger partial charge in [-0.05, 0) is 37.5 Å². The molecule has 0 radical (unpaired) electrons. The Hall–Kier alpha value is -3.54. The van der Waals surface area contributed by atoms with Gasteiger partial charge in [-0.3, -0.25) is 9.48 Å². The van der Waals surface area contributed by atoms with Crippen LogP contribution in [0.1, 0.15) is 46.3 Å². The summed E-state index contributed by atoms with van der Waals surface area (Å²) >= 11 is 0. The summed E-state index contributed by atoms with van der Waals surface area (Å²) in [4.78, 5) is 13.2. The number of ether oxygens (including phenoxy) is 1. The molecule has 1 aliphatic carbocycles. The Morgan fingerprint density at radius 1 is 1.20 bits per heavy atom. The largest absolute Gasteiger partial charge is 0.489 e. The van der Waals surface area contributed by atoms with E-state index >= 15 is 0 Å². The molecule has 2 aromatic carbocycles. The maximum Gasteiger partial charge on any atom is 0.287 e. The van der Waals surface area contributed by atoms with Gasteiger partial charge in [-0.15, -0.1) is 0 Å². The van der Waals surface area contributed by atoms with E-state index in [0.717, 1.165) is 41.5 Å². The minimum atomic E-state index is -0.223. The number of amides is 1. The molecule has 0 aliphatic heterocycles. The first-order chi connectivity index (χ1) is 14.7. The predicted octanol–water partition coefficient (Wildman–Crippen LogP) is 4.55. The Morgan fingerprint density at radius 2 is 2.00 bits per heavy atom. The van der Waals surface area contributed by atoms with Crippen molar-refractivity contribution in [3.8, 4) is 5.75 Å². The molecule has 1 amide bonds. The number of carbonyl (C=O) groups excluding carboxylic acids is 1. The third kappa shape index (κ3) is 3.34. The van der Waals surface area contributed by atoms with Gasteiger partial charge < -0.3 is 14.5 Å². The summed E-state index contributed by atoms with van der Waals surface area (Å²) in [6, 6.07) is 17.2. The molecule has 6 nitrogen and oxygen atoms in total. The Labute approximate surface area is 174 Å². The fourth-order valence-electron chi connectivity index (χ4n) is 4.18. The number of carbonyl (C=O) groups is 1. The Morgan fingerprint density at radius 3 is 2.87 bits per heavy atom. The molecule has 2 aromatic heterocycles. The lowest BCUT2D eigenvalue weighted by atomic mass is 9.93. The molecule has 1 aliphatic rings. The third-order valence-corrected chi connectivity index (χ3v) is 5.71. The molecule has 0 bridgehead atoms. The zero-order valence-corrected chi connectivity index (χ0v) is 16.8. The zero-order valence-electron chi connectivity index (χ0n) is 16.8. The highest BCUT2D eigenvalue weighted by molar-refractivity contribution is 5.99. The molecule has 0 saturated carbocycles. The molecule has 1 unspecified atom stereocenters.